The normalized spacial score (nSPS) is 11.8. The van der Waals surface area contributed by atoms with Crippen LogP contribution in [0.3, 0.4) is 0 Å². The number of carbonyl (C=O) groups is 2. The summed E-state index contributed by atoms with van der Waals surface area (Å²) in [6.07, 6.45) is -0.0353. The zero-order chi connectivity index (χ0) is 20.1. The van der Waals surface area contributed by atoms with Crippen LogP contribution in [0.5, 0.6) is 5.75 Å². The third-order valence-corrected chi connectivity index (χ3v) is 4.33. The summed E-state index contributed by atoms with van der Waals surface area (Å²) >= 11 is 5.78. The van der Waals surface area contributed by atoms with Crippen molar-refractivity contribution < 1.29 is 19.4 Å². The number of aliphatic carboxylic acids is 1. The fraction of sp³-hybridized carbons (Fsp3) is 0.150. The molecule has 1 atom stereocenters. The second-order valence-electron chi connectivity index (χ2n) is 6.11. The van der Waals surface area contributed by atoms with Crippen LogP contribution in [0.25, 0.3) is 10.9 Å². The molecule has 0 aliphatic heterocycles. The number of carboxylic acid groups (broad SMARTS) is 1. The standard InChI is InChI=1S/C20H17ClN2O5/c21-13-5-7-14(8-6-13)28-11-19(25)23-17(20(26)27)9-12-10-18(24)22-16-4-2-1-3-15(12)16/h1-8,10,17H,9,11H2,(H,22,24)(H,23,25)(H,26,27). The van der Waals surface area contributed by atoms with Crippen molar-refractivity contribution in [2.24, 2.45) is 0 Å². The van der Waals surface area contributed by atoms with Crippen LogP contribution >= 0.6 is 11.6 Å². The van der Waals surface area contributed by atoms with Gasteiger partial charge in [-0.25, -0.2) is 4.79 Å². The monoisotopic (exact) mass is 400 g/mol. The number of aromatic amines is 1. The molecule has 3 aromatic rings. The molecule has 0 aliphatic carbocycles. The van der Waals surface area contributed by atoms with E-state index in [1.165, 1.54) is 6.07 Å². The number of nitrogens with one attached hydrogen (secondary N) is 2. The highest BCUT2D eigenvalue weighted by Crippen LogP contribution is 2.17. The highest BCUT2D eigenvalue weighted by Gasteiger charge is 2.22. The van der Waals surface area contributed by atoms with E-state index >= 15 is 0 Å². The Morgan fingerprint density at radius 2 is 1.86 bits per heavy atom. The molecule has 8 heteroatoms. The summed E-state index contributed by atoms with van der Waals surface area (Å²) in [7, 11) is 0. The number of benzene rings is 2. The van der Waals surface area contributed by atoms with E-state index in [1.807, 2.05) is 0 Å². The molecule has 3 rings (SSSR count). The van der Waals surface area contributed by atoms with Gasteiger partial charge in [-0.1, -0.05) is 29.8 Å². The molecule has 0 spiro atoms. The van der Waals surface area contributed by atoms with Gasteiger partial charge in [0, 0.05) is 28.4 Å². The number of hydrogen-bond donors (Lipinski definition) is 3. The second kappa shape index (κ2) is 8.58. The van der Waals surface area contributed by atoms with Gasteiger partial charge < -0.3 is 20.1 Å². The molecule has 0 radical (unpaired) electrons. The van der Waals surface area contributed by atoms with Crippen LogP contribution < -0.4 is 15.6 Å². The first kappa shape index (κ1) is 19.4. The maximum atomic E-state index is 12.1. The van der Waals surface area contributed by atoms with Crippen molar-refractivity contribution in [1.82, 2.24) is 10.3 Å². The Kier molecular flexibility index (Phi) is 5.96. The molecule has 7 nitrogen and oxygen atoms in total. The fourth-order valence-electron chi connectivity index (χ4n) is 2.78. The van der Waals surface area contributed by atoms with E-state index in [0.717, 1.165) is 5.39 Å². The van der Waals surface area contributed by atoms with Gasteiger partial charge in [-0.05, 0) is 35.9 Å². The Hall–Kier alpha value is -3.32. The summed E-state index contributed by atoms with van der Waals surface area (Å²) in [5.74, 6) is -1.35. The molecule has 3 N–H and O–H groups in total. The molecule has 0 saturated carbocycles. The van der Waals surface area contributed by atoms with Gasteiger partial charge in [-0.2, -0.15) is 0 Å². The van der Waals surface area contributed by atoms with Crippen molar-refractivity contribution in [3.8, 4) is 5.75 Å². The van der Waals surface area contributed by atoms with Crippen molar-refractivity contribution in [2.75, 3.05) is 6.61 Å². The van der Waals surface area contributed by atoms with Gasteiger partial charge in [0.1, 0.15) is 11.8 Å². The summed E-state index contributed by atoms with van der Waals surface area (Å²) in [5, 5.41) is 13.2. The summed E-state index contributed by atoms with van der Waals surface area (Å²) < 4.78 is 5.32. The van der Waals surface area contributed by atoms with E-state index < -0.39 is 17.9 Å². The van der Waals surface area contributed by atoms with E-state index in [2.05, 4.69) is 10.3 Å². The molecule has 2 aromatic carbocycles. The summed E-state index contributed by atoms with van der Waals surface area (Å²) in [6.45, 7) is -0.346. The third kappa shape index (κ3) is 4.89. The average Bonchev–Trinajstić information content (AvgIpc) is 2.66. The van der Waals surface area contributed by atoms with Crippen LogP contribution in [0, 0.1) is 0 Å². The van der Waals surface area contributed by atoms with E-state index in [-0.39, 0.29) is 18.6 Å². The lowest BCUT2D eigenvalue weighted by molar-refractivity contribution is -0.142. The van der Waals surface area contributed by atoms with Crippen molar-refractivity contribution in [3.05, 3.63) is 75.5 Å². The number of amides is 1. The zero-order valence-electron chi connectivity index (χ0n) is 14.6. The molecular weight excluding hydrogens is 384 g/mol. The first-order valence-corrected chi connectivity index (χ1v) is 8.81. The van der Waals surface area contributed by atoms with Gasteiger partial charge in [-0.15, -0.1) is 0 Å². The largest absolute Gasteiger partial charge is 0.484 e. The molecule has 0 fully saturated rings. The second-order valence-corrected chi connectivity index (χ2v) is 6.55. The number of fused-ring (bicyclic) bond motifs is 1. The molecule has 1 unspecified atom stereocenters. The lowest BCUT2D eigenvalue weighted by atomic mass is 10.0. The average molecular weight is 401 g/mol. The lowest BCUT2D eigenvalue weighted by Crippen LogP contribution is -2.44. The first-order chi connectivity index (χ1) is 13.4. The molecule has 144 valence electrons. The van der Waals surface area contributed by atoms with Crippen molar-refractivity contribution in [1.29, 1.82) is 0 Å². The first-order valence-electron chi connectivity index (χ1n) is 8.44. The van der Waals surface area contributed by atoms with Gasteiger partial charge in [0.15, 0.2) is 6.61 Å². The zero-order valence-corrected chi connectivity index (χ0v) is 15.4. The molecule has 1 heterocycles. The third-order valence-electron chi connectivity index (χ3n) is 4.08. The Balaban J connectivity index is 1.70. The number of hydrogen-bond acceptors (Lipinski definition) is 4. The maximum absolute atomic E-state index is 12.1. The van der Waals surface area contributed by atoms with Crippen LogP contribution in [0.4, 0.5) is 0 Å². The van der Waals surface area contributed by atoms with Crippen molar-refractivity contribution in [3.63, 3.8) is 0 Å². The van der Waals surface area contributed by atoms with E-state index in [0.29, 0.717) is 21.9 Å². The van der Waals surface area contributed by atoms with Gasteiger partial charge >= 0.3 is 5.97 Å². The van der Waals surface area contributed by atoms with Crippen molar-refractivity contribution >= 4 is 34.4 Å². The van der Waals surface area contributed by atoms with Gasteiger partial charge in [-0.3, -0.25) is 9.59 Å². The molecule has 0 saturated heterocycles. The number of pyridine rings is 1. The Bertz CT molecular complexity index is 1060. The predicted molar refractivity (Wildman–Crippen MR) is 105 cm³/mol. The topological polar surface area (TPSA) is 108 Å². The highest BCUT2D eigenvalue weighted by atomic mass is 35.5. The Labute approximate surface area is 164 Å². The summed E-state index contributed by atoms with van der Waals surface area (Å²) in [6, 6.07) is 13.7. The smallest absolute Gasteiger partial charge is 0.326 e. The van der Waals surface area contributed by atoms with Crippen LogP contribution in [0.15, 0.2) is 59.4 Å². The highest BCUT2D eigenvalue weighted by molar-refractivity contribution is 6.30. The number of ether oxygens (including phenoxy) is 1. The van der Waals surface area contributed by atoms with Gasteiger partial charge in [0.2, 0.25) is 5.56 Å². The minimum absolute atomic E-state index is 0.0353. The SMILES string of the molecule is O=C(COc1ccc(Cl)cc1)NC(Cc1cc(=O)[nH]c2ccccc12)C(=O)O. The number of H-pyrrole nitrogens is 1. The maximum Gasteiger partial charge on any atom is 0.326 e. The van der Waals surface area contributed by atoms with Crippen molar-refractivity contribution in [2.45, 2.75) is 12.5 Å². The number of carboxylic acids is 1. The minimum Gasteiger partial charge on any atom is -0.484 e. The Morgan fingerprint density at radius 3 is 2.57 bits per heavy atom. The van der Waals surface area contributed by atoms with E-state index in [1.54, 1.807) is 48.5 Å². The molecule has 0 bridgehead atoms. The number of halogens is 1. The predicted octanol–water partition coefficient (Wildman–Crippen LogP) is 2.37. The minimum atomic E-state index is -1.20. The molecule has 28 heavy (non-hydrogen) atoms. The molecule has 1 aromatic heterocycles. The summed E-state index contributed by atoms with van der Waals surface area (Å²) in [4.78, 5) is 38.3. The number of carbonyl (C=O) groups excluding carboxylic acids is 1. The van der Waals surface area contributed by atoms with Crippen LogP contribution in [0.2, 0.25) is 5.02 Å². The van der Waals surface area contributed by atoms with Gasteiger partial charge in [0.25, 0.3) is 5.91 Å². The fourth-order valence-corrected chi connectivity index (χ4v) is 2.91. The number of rotatable bonds is 7. The van der Waals surface area contributed by atoms with Crippen LogP contribution in [-0.4, -0.2) is 34.6 Å². The lowest BCUT2D eigenvalue weighted by Gasteiger charge is -2.16. The van der Waals surface area contributed by atoms with E-state index in [9.17, 15) is 19.5 Å². The Morgan fingerprint density at radius 1 is 1.14 bits per heavy atom. The van der Waals surface area contributed by atoms with Crippen LogP contribution in [-0.2, 0) is 16.0 Å². The van der Waals surface area contributed by atoms with Gasteiger partial charge in [0.05, 0.1) is 0 Å². The molecular formula is C20H17ClN2O5. The quantitative estimate of drug-likeness (QED) is 0.564. The molecule has 0 aliphatic rings. The van der Waals surface area contributed by atoms with Crippen LogP contribution in [0.1, 0.15) is 5.56 Å². The summed E-state index contributed by atoms with van der Waals surface area (Å²) in [5.41, 5.74) is 0.799. The molecule has 1 amide bonds. The van der Waals surface area contributed by atoms with E-state index in [4.69, 9.17) is 16.3 Å². The number of aromatic nitrogens is 1. The number of para-hydroxylation sites is 1.